The molecule has 2 unspecified atom stereocenters. The number of hydrogen-bond donors (Lipinski definition) is 1. The van der Waals surface area contributed by atoms with E-state index in [4.69, 9.17) is 21.1 Å². The Kier molecular flexibility index (Phi) is 5.64. The highest BCUT2D eigenvalue weighted by Crippen LogP contribution is 2.35. The molecule has 0 fully saturated rings. The Labute approximate surface area is 140 Å². The number of aliphatic hydroxyl groups excluding tert-OH is 1. The van der Waals surface area contributed by atoms with Gasteiger partial charge in [0, 0.05) is 10.9 Å². The molecule has 0 heterocycles. The molecule has 2 aromatic carbocycles. The van der Waals surface area contributed by atoms with Gasteiger partial charge in [-0.05, 0) is 42.3 Å². The summed E-state index contributed by atoms with van der Waals surface area (Å²) in [6.07, 6.45) is -1.16. The number of benzene rings is 2. The monoisotopic (exact) mass is 334 g/mol. The molecule has 0 bridgehead atoms. The van der Waals surface area contributed by atoms with Crippen molar-refractivity contribution in [3.05, 3.63) is 58.6 Å². The molecular weight excluding hydrogens is 316 g/mol. The first-order valence-corrected chi connectivity index (χ1v) is 7.51. The highest BCUT2D eigenvalue weighted by Gasteiger charge is 2.27. The fraction of sp³-hybridized carbons (Fsp3) is 0.278. The molecule has 0 spiro atoms. The van der Waals surface area contributed by atoms with Gasteiger partial charge >= 0.3 is 0 Å². The number of ketones is 1. The van der Waals surface area contributed by atoms with E-state index < -0.39 is 12.0 Å². The lowest BCUT2D eigenvalue weighted by Gasteiger charge is -2.23. The minimum atomic E-state index is -1.16. The largest absolute Gasteiger partial charge is 0.493 e. The standard InChI is InChI=1S/C18H19ClO4/c1-11(20)18(21)17(12-4-7-14(19)8-5-12)13-6-9-15(22-2)16(10-13)23-3/h4-10,17-18,21H,1-3H3. The second kappa shape index (κ2) is 7.49. The molecule has 122 valence electrons. The molecule has 2 rings (SSSR count). The molecule has 5 heteroatoms. The van der Waals surface area contributed by atoms with E-state index in [1.807, 2.05) is 6.07 Å². The molecule has 2 atom stereocenters. The van der Waals surface area contributed by atoms with Gasteiger partial charge in [0.15, 0.2) is 17.3 Å². The summed E-state index contributed by atoms with van der Waals surface area (Å²) in [7, 11) is 3.10. The third kappa shape index (κ3) is 3.84. The van der Waals surface area contributed by atoms with Crippen molar-refractivity contribution in [3.8, 4) is 11.5 Å². The molecule has 0 aromatic heterocycles. The highest BCUT2D eigenvalue weighted by molar-refractivity contribution is 6.30. The van der Waals surface area contributed by atoms with E-state index in [1.54, 1.807) is 50.6 Å². The van der Waals surface area contributed by atoms with Crippen LogP contribution in [-0.4, -0.2) is 31.2 Å². The van der Waals surface area contributed by atoms with Crippen LogP contribution in [0.15, 0.2) is 42.5 Å². The lowest BCUT2D eigenvalue weighted by molar-refractivity contribution is -0.125. The summed E-state index contributed by atoms with van der Waals surface area (Å²) >= 11 is 5.93. The van der Waals surface area contributed by atoms with Crippen molar-refractivity contribution in [2.75, 3.05) is 14.2 Å². The van der Waals surface area contributed by atoms with Crippen LogP contribution in [0.4, 0.5) is 0 Å². The van der Waals surface area contributed by atoms with Crippen molar-refractivity contribution in [1.82, 2.24) is 0 Å². The number of carbonyl (C=O) groups excluding carboxylic acids is 1. The van der Waals surface area contributed by atoms with Crippen LogP contribution < -0.4 is 9.47 Å². The smallest absolute Gasteiger partial charge is 0.161 e. The maximum atomic E-state index is 11.7. The first-order chi connectivity index (χ1) is 11.0. The van der Waals surface area contributed by atoms with Crippen LogP contribution in [0.2, 0.25) is 5.02 Å². The highest BCUT2D eigenvalue weighted by atomic mass is 35.5. The number of Topliss-reactive ketones (excluding diaryl/α,β-unsaturated/α-hetero) is 1. The average molecular weight is 335 g/mol. The van der Waals surface area contributed by atoms with Crippen molar-refractivity contribution in [2.45, 2.75) is 18.9 Å². The van der Waals surface area contributed by atoms with E-state index in [0.29, 0.717) is 16.5 Å². The quantitative estimate of drug-likeness (QED) is 0.879. The number of hydrogen-bond acceptors (Lipinski definition) is 4. The minimum absolute atomic E-state index is 0.306. The Morgan fingerprint density at radius 1 is 1.00 bits per heavy atom. The molecule has 0 saturated carbocycles. The fourth-order valence-electron chi connectivity index (χ4n) is 2.51. The summed E-state index contributed by atoms with van der Waals surface area (Å²) in [6, 6.07) is 12.4. The van der Waals surface area contributed by atoms with Crippen molar-refractivity contribution in [3.63, 3.8) is 0 Å². The van der Waals surface area contributed by atoms with Gasteiger partial charge in [0.25, 0.3) is 0 Å². The molecule has 0 aliphatic carbocycles. The van der Waals surface area contributed by atoms with E-state index >= 15 is 0 Å². The number of methoxy groups -OCH3 is 2. The van der Waals surface area contributed by atoms with E-state index in [2.05, 4.69) is 0 Å². The number of halogens is 1. The molecule has 0 saturated heterocycles. The molecular formula is C18H19ClO4. The van der Waals surface area contributed by atoms with Crippen LogP contribution in [0, 0.1) is 0 Å². The first-order valence-electron chi connectivity index (χ1n) is 7.13. The van der Waals surface area contributed by atoms with E-state index in [9.17, 15) is 9.90 Å². The number of aliphatic hydroxyl groups is 1. The molecule has 23 heavy (non-hydrogen) atoms. The topological polar surface area (TPSA) is 55.8 Å². The Balaban J connectivity index is 2.53. The summed E-state index contributed by atoms with van der Waals surface area (Å²) in [6.45, 7) is 1.37. The molecule has 4 nitrogen and oxygen atoms in total. The fourth-order valence-corrected chi connectivity index (χ4v) is 2.63. The molecule has 2 aromatic rings. The van der Waals surface area contributed by atoms with Gasteiger partial charge in [0.2, 0.25) is 0 Å². The summed E-state index contributed by atoms with van der Waals surface area (Å²) in [5, 5.41) is 11.0. The zero-order valence-corrected chi connectivity index (χ0v) is 14.0. The lowest BCUT2D eigenvalue weighted by atomic mass is 9.85. The van der Waals surface area contributed by atoms with Crippen molar-refractivity contribution in [2.24, 2.45) is 0 Å². The van der Waals surface area contributed by atoms with Crippen molar-refractivity contribution >= 4 is 17.4 Å². The van der Waals surface area contributed by atoms with Gasteiger partial charge in [0.05, 0.1) is 14.2 Å². The zero-order chi connectivity index (χ0) is 17.0. The minimum Gasteiger partial charge on any atom is -0.493 e. The maximum Gasteiger partial charge on any atom is 0.161 e. The summed E-state index contributed by atoms with van der Waals surface area (Å²) in [5.41, 5.74) is 1.55. The van der Waals surface area contributed by atoms with Gasteiger partial charge < -0.3 is 14.6 Å². The van der Waals surface area contributed by atoms with Gasteiger partial charge in [-0.25, -0.2) is 0 Å². The van der Waals surface area contributed by atoms with Crippen LogP contribution in [0.3, 0.4) is 0 Å². The van der Waals surface area contributed by atoms with Crippen molar-refractivity contribution < 1.29 is 19.4 Å². The Morgan fingerprint density at radius 2 is 1.57 bits per heavy atom. The lowest BCUT2D eigenvalue weighted by Crippen LogP contribution is -2.26. The predicted octanol–water partition coefficient (Wildman–Crippen LogP) is 3.44. The van der Waals surface area contributed by atoms with E-state index in [-0.39, 0.29) is 5.78 Å². The second-order valence-corrected chi connectivity index (χ2v) is 5.64. The number of rotatable bonds is 6. The van der Waals surface area contributed by atoms with Crippen LogP contribution in [-0.2, 0) is 4.79 Å². The van der Waals surface area contributed by atoms with Crippen LogP contribution in [0.1, 0.15) is 24.0 Å². The van der Waals surface area contributed by atoms with Crippen LogP contribution >= 0.6 is 11.6 Å². The number of carbonyl (C=O) groups is 1. The van der Waals surface area contributed by atoms with Crippen LogP contribution in [0.5, 0.6) is 11.5 Å². The van der Waals surface area contributed by atoms with Gasteiger partial charge in [-0.1, -0.05) is 29.8 Å². The second-order valence-electron chi connectivity index (χ2n) is 5.20. The third-order valence-electron chi connectivity index (χ3n) is 3.73. The molecule has 1 N–H and O–H groups in total. The van der Waals surface area contributed by atoms with Crippen molar-refractivity contribution in [1.29, 1.82) is 0 Å². The van der Waals surface area contributed by atoms with Gasteiger partial charge in [-0.2, -0.15) is 0 Å². The average Bonchev–Trinajstić information content (AvgIpc) is 2.56. The predicted molar refractivity (Wildman–Crippen MR) is 89.5 cm³/mol. The number of ether oxygens (including phenoxy) is 2. The van der Waals surface area contributed by atoms with E-state index in [0.717, 1.165) is 11.1 Å². The molecule has 0 aliphatic heterocycles. The maximum absolute atomic E-state index is 11.7. The Hall–Kier alpha value is -2.04. The zero-order valence-electron chi connectivity index (χ0n) is 13.2. The van der Waals surface area contributed by atoms with Gasteiger partial charge in [-0.15, -0.1) is 0 Å². The summed E-state index contributed by atoms with van der Waals surface area (Å²) in [4.78, 5) is 11.7. The first kappa shape index (κ1) is 17.3. The van der Waals surface area contributed by atoms with Gasteiger partial charge in [-0.3, -0.25) is 4.79 Å². The van der Waals surface area contributed by atoms with Gasteiger partial charge in [0.1, 0.15) is 6.10 Å². The summed E-state index contributed by atoms with van der Waals surface area (Å²) in [5.74, 6) is 0.312. The SMILES string of the molecule is COc1ccc(C(c2ccc(Cl)cc2)C(O)C(C)=O)cc1OC. The Morgan fingerprint density at radius 3 is 2.09 bits per heavy atom. The van der Waals surface area contributed by atoms with Crippen LogP contribution in [0.25, 0.3) is 0 Å². The summed E-state index contributed by atoms with van der Waals surface area (Å²) < 4.78 is 10.5. The molecule has 0 radical (unpaired) electrons. The Bertz CT molecular complexity index is 682. The molecule has 0 aliphatic rings. The van der Waals surface area contributed by atoms with E-state index in [1.165, 1.54) is 6.92 Å². The molecule has 0 amide bonds. The normalized spacial score (nSPS) is 13.3. The third-order valence-corrected chi connectivity index (χ3v) is 3.98.